The van der Waals surface area contributed by atoms with Gasteiger partial charge < -0.3 is 9.64 Å². The number of ether oxygens (including phenoxy) is 1. The summed E-state index contributed by atoms with van der Waals surface area (Å²) in [6, 6.07) is 15.8. The van der Waals surface area contributed by atoms with Crippen molar-refractivity contribution in [3.63, 3.8) is 0 Å². The molecule has 170 valence electrons. The van der Waals surface area contributed by atoms with Crippen LogP contribution in [-0.4, -0.2) is 69.8 Å². The molecule has 0 spiro atoms. The smallest absolute Gasteiger partial charge is 0.254 e. The first-order valence-corrected chi connectivity index (χ1v) is 12.1. The summed E-state index contributed by atoms with van der Waals surface area (Å²) in [6.07, 6.45) is 0. The first kappa shape index (κ1) is 21.6. The lowest BCUT2D eigenvalue weighted by Gasteiger charge is -2.34. The molecule has 1 saturated heterocycles. The number of aromatic nitrogens is 3. The van der Waals surface area contributed by atoms with Crippen molar-refractivity contribution in [1.82, 2.24) is 24.6 Å². The average Bonchev–Trinajstić information content (AvgIpc) is 3.48. The van der Waals surface area contributed by atoms with Crippen molar-refractivity contribution in [2.75, 3.05) is 39.3 Å². The highest BCUT2D eigenvalue weighted by Crippen LogP contribution is 2.30. The number of hydrogen-bond donors (Lipinski definition) is 0. The molecule has 1 aliphatic heterocycles. The Hall–Kier alpha value is -3.23. The van der Waals surface area contributed by atoms with Crippen molar-refractivity contribution in [3.05, 3.63) is 65.2 Å². The van der Waals surface area contributed by atoms with Gasteiger partial charge in [-0.15, -0.1) is 11.3 Å². The molecule has 1 aliphatic rings. The highest BCUT2D eigenvalue weighted by Gasteiger charge is 2.26. The summed E-state index contributed by atoms with van der Waals surface area (Å²) in [5.41, 5.74) is 3.09. The number of fused-ring (bicyclic) bond motifs is 1. The molecule has 8 heteroatoms. The van der Waals surface area contributed by atoms with Gasteiger partial charge in [0.25, 0.3) is 5.91 Å². The van der Waals surface area contributed by atoms with Gasteiger partial charge in [-0.05, 0) is 36.6 Å². The molecule has 3 aromatic heterocycles. The lowest BCUT2D eigenvalue weighted by Crippen LogP contribution is -2.49. The van der Waals surface area contributed by atoms with E-state index in [0.29, 0.717) is 25.3 Å². The van der Waals surface area contributed by atoms with E-state index in [0.717, 1.165) is 52.7 Å². The normalized spacial score (nSPS) is 14.7. The molecule has 4 heterocycles. The first-order chi connectivity index (χ1) is 16.1. The Morgan fingerprint density at radius 1 is 1.09 bits per heavy atom. The second kappa shape index (κ2) is 9.33. The third-order valence-electron chi connectivity index (χ3n) is 6.05. The van der Waals surface area contributed by atoms with Gasteiger partial charge in [0.15, 0.2) is 5.65 Å². The predicted octanol–water partition coefficient (Wildman–Crippen LogP) is 3.84. The minimum Gasteiger partial charge on any atom is -0.492 e. The molecule has 7 nitrogen and oxygen atoms in total. The zero-order chi connectivity index (χ0) is 22.8. The minimum atomic E-state index is 0.0523. The van der Waals surface area contributed by atoms with E-state index in [4.69, 9.17) is 9.72 Å². The highest BCUT2D eigenvalue weighted by molar-refractivity contribution is 7.13. The number of amides is 1. The number of rotatable bonds is 6. The fraction of sp³-hybridized carbons (Fsp3) is 0.320. The van der Waals surface area contributed by atoms with E-state index in [2.05, 4.69) is 10.00 Å². The molecule has 0 aliphatic carbocycles. The molecule has 0 radical (unpaired) electrons. The number of carbonyl (C=O) groups is 1. The van der Waals surface area contributed by atoms with Crippen LogP contribution >= 0.6 is 11.3 Å². The molecule has 0 N–H and O–H groups in total. The van der Waals surface area contributed by atoms with Crippen LogP contribution in [0.15, 0.2) is 53.9 Å². The number of hydrogen-bond acceptors (Lipinski definition) is 6. The summed E-state index contributed by atoms with van der Waals surface area (Å²) in [5.74, 6) is 0.942. The molecule has 33 heavy (non-hydrogen) atoms. The molecule has 1 amide bonds. The van der Waals surface area contributed by atoms with E-state index in [1.165, 1.54) is 0 Å². The third-order valence-corrected chi connectivity index (χ3v) is 6.94. The van der Waals surface area contributed by atoms with Crippen LogP contribution in [0.5, 0.6) is 5.75 Å². The molecule has 0 saturated carbocycles. The Kier molecular flexibility index (Phi) is 6.11. The maximum Gasteiger partial charge on any atom is 0.254 e. The highest BCUT2D eigenvalue weighted by atomic mass is 32.1. The second-order valence-corrected chi connectivity index (χ2v) is 9.18. The van der Waals surface area contributed by atoms with Gasteiger partial charge in [-0.25, -0.2) is 4.98 Å². The number of aryl methyl sites for hydroxylation is 2. The maximum atomic E-state index is 13.6. The Labute approximate surface area is 197 Å². The van der Waals surface area contributed by atoms with Gasteiger partial charge in [0.05, 0.1) is 27.2 Å². The first-order valence-electron chi connectivity index (χ1n) is 11.2. The van der Waals surface area contributed by atoms with E-state index >= 15 is 0 Å². The van der Waals surface area contributed by atoms with E-state index in [1.54, 1.807) is 16.0 Å². The number of pyridine rings is 1. The second-order valence-electron chi connectivity index (χ2n) is 8.24. The van der Waals surface area contributed by atoms with Crippen molar-refractivity contribution in [3.8, 4) is 16.3 Å². The van der Waals surface area contributed by atoms with Crippen LogP contribution in [0.1, 0.15) is 16.1 Å². The average molecular weight is 462 g/mol. The number of carbonyl (C=O) groups excluding carboxylic acids is 1. The molecule has 4 aromatic rings. The monoisotopic (exact) mass is 461 g/mol. The zero-order valence-electron chi connectivity index (χ0n) is 18.9. The minimum absolute atomic E-state index is 0.0523. The summed E-state index contributed by atoms with van der Waals surface area (Å²) in [6.45, 7) is 6.49. The van der Waals surface area contributed by atoms with Crippen molar-refractivity contribution in [2.45, 2.75) is 6.92 Å². The number of thiophene rings is 1. The number of nitrogens with zero attached hydrogens (tertiary/aromatic N) is 5. The molecular weight excluding hydrogens is 434 g/mol. The van der Waals surface area contributed by atoms with Crippen molar-refractivity contribution in [1.29, 1.82) is 0 Å². The topological polar surface area (TPSA) is 63.5 Å². The molecule has 1 aromatic carbocycles. The molecular formula is C25H27N5O2S. The van der Waals surface area contributed by atoms with Gasteiger partial charge in [0.1, 0.15) is 12.4 Å². The van der Waals surface area contributed by atoms with Crippen LogP contribution in [0, 0.1) is 6.92 Å². The van der Waals surface area contributed by atoms with E-state index in [-0.39, 0.29) is 5.91 Å². The largest absolute Gasteiger partial charge is 0.492 e. The number of piperazine rings is 1. The molecule has 0 unspecified atom stereocenters. The van der Waals surface area contributed by atoms with Crippen LogP contribution < -0.4 is 4.74 Å². The van der Waals surface area contributed by atoms with Crippen LogP contribution in [0.4, 0.5) is 0 Å². The van der Waals surface area contributed by atoms with Crippen LogP contribution in [-0.2, 0) is 7.05 Å². The van der Waals surface area contributed by atoms with Gasteiger partial charge in [-0.3, -0.25) is 14.4 Å². The van der Waals surface area contributed by atoms with E-state index in [1.807, 2.05) is 72.8 Å². The van der Waals surface area contributed by atoms with Gasteiger partial charge >= 0.3 is 0 Å². The Bertz CT molecular complexity index is 1250. The Morgan fingerprint density at radius 3 is 2.61 bits per heavy atom. The number of benzene rings is 1. The van der Waals surface area contributed by atoms with Crippen molar-refractivity contribution < 1.29 is 9.53 Å². The van der Waals surface area contributed by atoms with Gasteiger partial charge in [-0.1, -0.05) is 24.3 Å². The summed E-state index contributed by atoms with van der Waals surface area (Å²) >= 11 is 1.62. The number of para-hydroxylation sites is 1. The third kappa shape index (κ3) is 4.49. The van der Waals surface area contributed by atoms with Crippen molar-refractivity contribution in [2.24, 2.45) is 7.05 Å². The van der Waals surface area contributed by atoms with Gasteiger partial charge in [0, 0.05) is 39.8 Å². The van der Waals surface area contributed by atoms with Crippen LogP contribution in [0.2, 0.25) is 0 Å². The lowest BCUT2D eigenvalue weighted by molar-refractivity contribution is 0.0622. The molecule has 5 rings (SSSR count). The summed E-state index contributed by atoms with van der Waals surface area (Å²) in [5, 5.41) is 7.41. The zero-order valence-corrected chi connectivity index (χ0v) is 19.7. The SMILES string of the molecule is Cc1nn(C)c2nc(-c3cccs3)cc(C(=O)N3CCN(CCOc4ccccc4)CC3)c12. The van der Waals surface area contributed by atoms with Gasteiger partial charge in [0.2, 0.25) is 0 Å². The Balaban J connectivity index is 1.29. The van der Waals surface area contributed by atoms with Gasteiger partial charge in [-0.2, -0.15) is 5.10 Å². The molecule has 0 atom stereocenters. The molecule has 1 fully saturated rings. The fourth-order valence-corrected chi connectivity index (χ4v) is 5.00. The predicted molar refractivity (Wildman–Crippen MR) is 131 cm³/mol. The van der Waals surface area contributed by atoms with E-state index in [9.17, 15) is 4.79 Å². The molecule has 0 bridgehead atoms. The lowest BCUT2D eigenvalue weighted by atomic mass is 10.1. The van der Waals surface area contributed by atoms with Crippen molar-refractivity contribution >= 4 is 28.3 Å². The van der Waals surface area contributed by atoms with Crippen LogP contribution in [0.25, 0.3) is 21.6 Å². The maximum absolute atomic E-state index is 13.6. The van der Waals surface area contributed by atoms with Crippen LogP contribution in [0.3, 0.4) is 0 Å². The fourth-order valence-electron chi connectivity index (χ4n) is 4.32. The quantitative estimate of drug-likeness (QED) is 0.437. The Morgan fingerprint density at radius 2 is 1.88 bits per heavy atom. The summed E-state index contributed by atoms with van der Waals surface area (Å²) < 4.78 is 7.59. The van der Waals surface area contributed by atoms with E-state index < -0.39 is 0 Å². The standard InChI is InChI=1S/C25H27N5O2S/c1-18-23-20(17-21(22-9-6-16-33-22)26-24(23)28(2)27-18)25(31)30-12-10-29(11-13-30)14-15-32-19-7-4-3-5-8-19/h3-9,16-17H,10-15H2,1-2H3. The summed E-state index contributed by atoms with van der Waals surface area (Å²) in [7, 11) is 1.88. The summed E-state index contributed by atoms with van der Waals surface area (Å²) in [4.78, 5) is 23.8.